The van der Waals surface area contributed by atoms with Crippen LogP contribution in [0.2, 0.25) is 0 Å². The van der Waals surface area contributed by atoms with Crippen LogP contribution in [0.15, 0.2) is 0 Å². The first kappa shape index (κ1) is 3.90. The van der Waals surface area contributed by atoms with E-state index in [1.165, 1.54) is 25.8 Å². The normalized spacial score (nSPS) is 40.3. The van der Waals surface area contributed by atoms with Gasteiger partial charge in [0.15, 0.2) is 0 Å². The molecule has 1 saturated carbocycles. The average Bonchev–Trinajstić information content (AvgIpc) is 2.22. The van der Waals surface area contributed by atoms with Crippen LogP contribution >= 0.6 is 0 Å². The lowest BCUT2D eigenvalue weighted by Crippen LogP contribution is -2.17. The van der Waals surface area contributed by atoms with Crippen molar-refractivity contribution in [1.29, 1.82) is 0 Å². The van der Waals surface area contributed by atoms with E-state index < -0.39 is 0 Å². The molecule has 7 heavy (non-hydrogen) atoms. The first-order chi connectivity index (χ1) is 3.45. The van der Waals surface area contributed by atoms with E-state index in [2.05, 4.69) is 5.32 Å². The van der Waals surface area contributed by atoms with E-state index in [1.807, 2.05) is 0 Å². The molecule has 2 fully saturated rings. The van der Waals surface area contributed by atoms with Gasteiger partial charge in [-0.05, 0) is 31.7 Å². The summed E-state index contributed by atoms with van der Waals surface area (Å²) in [5, 5.41) is 3.37. The van der Waals surface area contributed by atoms with Crippen molar-refractivity contribution in [3.63, 3.8) is 0 Å². The highest BCUT2D eigenvalue weighted by Crippen LogP contribution is 2.35. The van der Waals surface area contributed by atoms with Crippen molar-refractivity contribution in [3.05, 3.63) is 6.04 Å². The smallest absolute Gasteiger partial charge is 0.0367 e. The molecule has 1 atom stereocenters. The fourth-order valence-electron chi connectivity index (χ4n) is 1.55. The predicted molar refractivity (Wildman–Crippen MR) is 28.6 cm³/mol. The molecule has 1 radical (unpaired) electrons. The lowest BCUT2D eigenvalue weighted by Gasteiger charge is -2.07. The summed E-state index contributed by atoms with van der Waals surface area (Å²) in [4.78, 5) is 0. The molecular formula is C6H10N. The number of rotatable bonds is 0. The van der Waals surface area contributed by atoms with Gasteiger partial charge in [-0.1, -0.05) is 0 Å². The van der Waals surface area contributed by atoms with Gasteiger partial charge in [0.25, 0.3) is 0 Å². The van der Waals surface area contributed by atoms with Crippen LogP contribution in [0, 0.1) is 12.0 Å². The SMILES string of the molecule is C1C[C@@H]2CN[C]1C2. The number of piperidine rings is 1. The summed E-state index contributed by atoms with van der Waals surface area (Å²) in [5.41, 5.74) is 0. The van der Waals surface area contributed by atoms with Crippen LogP contribution in [0.4, 0.5) is 0 Å². The second-order valence-electron chi connectivity index (χ2n) is 2.59. The Morgan fingerprint density at radius 3 is 2.71 bits per heavy atom. The topological polar surface area (TPSA) is 12.0 Å². The number of hydrogen-bond donors (Lipinski definition) is 1. The molecule has 0 amide bonds. The average molecular weight is 96.2 g/mol. The zero-order valence-electron chi connectivity index (χ0n) is 4.41. The third-order valence-corrected chi connectivity index (χ3v) is 2.03. The first-order valence-corrected chi connectivity index (χ1v) is 3.04. The van der Waals surface area contributed by atoms with E-state index in [1.54, 1.807) is 6.04 Å². The van der Waals surface area contributed by atoms with E-state index in [-0.39, 0.29) is 0 Å². The molecule has 39 valence electrons. The highest BCUT2D eigenvalue weighted by Gasteiger charge is 2.30. The van der Waals surface area contributed by atoms with Crippen molar-refractivity contribution in [2.24, 2.45) is 5.92 Å². The maximum absolute atomic E-state index is 3.37. The number of hydrogen-bond acceptors (Lipinski definition) is 1. The molecule has 1 nitrogen and oxygen atoms in total. The number of fused-ring (bicyclic) bond motifs is 2. The Morgan fingerprint density at radius 2 is 2.57 bits per heavy atom. The second kappa shape index (κ2) is 1.22. The van der Waals surface area contributed by atoms with Gasteiger partial charge in [0, 0.05) is 6.04 Å². The van der Waals surface area contributed by atoms with Gasteiger partial charge in [0.1, 0.15) is 0 Å². The molecule has 1 heteroatoms. The van der Waals surface area contributed by atoms with E-state index in [4.69, 9.17) is 0 Å². The maximum atomic E-state index is 3.37. The zero-order chi connectivity index (χ0) is 4.69. The van der Waals surface area contributed by atoms with Gasteiger partial charge in [0.2, 0.25) is 0 Å². The molecular weight excluding hydrogens is 86.1 g/mol. The van der Waals surface area contributed by atoms with E-state index in [0.29, 0.717) is 0 Å². The lowest BCUT2D eigenvalue weighted by molar-refractivity contribution is 0.539. The largest absolute Gasteiger partial charge is 0.309 e. The molecule has 1 heterocycles. The Labute approximate surface area is 44.1 Å². The first-order valence-electron chi connectivity index (χ1n) is 3.04. The third kappa shape index (κ3) is 0.480. The van der Waals surface area contributed by atoms with Crippen LogP contribution in [0.1, 0.15) is 19.3 Å². The summed E-state index contributed by atoms with van der Waals surface area (Å²) in [6, 6.07) is 1.62. The predicted octanol–water partition coefficient (Wildman–Crippen LogP) is 0.922. The summed E-state index contributed by atoms with van der Waals surface area (Å²) in [6.45, 7) is 1.27. The van der Waals surface area contributed by atoms with Crippen LogP contribution in [0.25, 0.3) is 0 Å². The van der Waals surface area contributed by atoms with Crippen LogP contribution in [0.3, 0.4) is 0 Å². The molecule has 2 bridgehead atoms. The molecule has 0 spiro atoms. The third-order valence-electron chi connectivity index (χ3n) is 2.03. The quantitative estimate of drug-likeness (QED) is 0.473. The van der Waals surface area contributed by atoms with Crippen molar-refractivity contribution in [3.8, 4) is 0 Å². The molecule has 1 aliphatic heterocycles. The van der Waals surface area contributed by atoms with Crippen molar-refractivity contribution in [2.45, 2.75) is 19.3 Å². The van der Waals surface area contributed by atoms with E-state index in [9.17, 15) is 0 Å². The zero-order valence-corrected chi connectivity index (χ0v) is 4.41. The van der Waals surface area contributed by atoms with Crippen LogP contribution in [-0.2, 0) is 0 Å². The van der Waals surface area contributed by atoms with Gasteiger partial charge >= 0.3 is 0 Å². The summed E-state index contributed by atoms with van der Waals surface area (Å²) in [5.74, 6) is 1.02. The van der Waals surface area contributed by atoms with E-state index >= 15 is 0 Å². The number of nitrogens with one attached hydrogen (secondary N) is 1. The highest BCUT2D eigenvalue weighted by atomic mass is 15.0. The van der Waals surface area contributed by atoms with E-state index in [0.717, 1.165) is 5.92 Å². The van der Waals surface area contributed by atoms with Gasteiger partial charge in [0.05, 0.1) is 0 Å². The molecule has 2 aliphatic rings. The Kier molecular flexibility index (Phi) is 0.680. The van der Waals surface area contributed by atoms with Crippen LogP contribution in [-0.4, -0.2) is 6.54 Å². The molecule has 0 aromatic carbocycles. The fourth-order valence-corrected chi connectivity index (χ4v) is 1.55. The van der Waals surface area contributed by atoms with Gasteiger partial charge in [-0.2, -0.15) is 0 Å². The monoisotopic (exact) mass is 96.1 g/mol. The Hall–Kier alpha value is -0.0400. The molecule has 0 aromatic heterocycles. The standard InChI is InChI=1S/C6H10N/c1-2-6-3-5(1)4-7-6/h5,7H,1-4H2/t5-/m0/s1. The minimum atomic E-state index is 1.02. The summed E-state index contributed by atoms with van der Waals surface area (Å²) >= 11 is 0. The minimum Gasteiger partial charge on any atom is -0.309 e. The Bertz CT molecular complexity index is 62.2. The molecule has 1 N–H and O–H groups in total. The van der Waals surface area contributed by atoms with Crippen molar-refractivity contribution < 1.29 is 0 Å². The van der Waals surface area contributed by atoms with Crippen molar-refractivity contribution >= 4 is 0 Å². The van der Waals surface area contributed by atoms with Gasteiger partial charge < -0.3 is 5.32 Å². The minimum absolute atomic E-state index is 1.02. The maximum Gasteiger partial charge on any atom is 0.0367 e. The summed E-state index contributed by atoms with van der Waals surface area (Å²) in [6.07, 6.45) is 4.22. The fraction of sp³-hybridized carbons (Fsp3) is 0.833. The Balaban J connectivity index is 2.12. The van der Waals surface area contributed by atoms with Crippen LogP contribution < -0.4 is 5.32 Å². The summed E-state index contributed by atoms with van der Waals surface area (Å²) < 4.78 is 0. The summed E-state index contributed by atoms with van der Waals surface area (Å²) in [7, 11) is 0. The lowest BCUT2D eigenvalue weighted by atomic mass is 10.1. The van der Waals surface area contributed by atoms with Crippen molar-refractivity contribution in [1.82, 2.24) is 5.32 Å². The molecule has 2 rings (SSSR count). The molecule has 1 saturated heterocycles. The van der Waals surface area contributed by atoms with Gasteiger partial charge in [-0.15, -0.1) is 0 Å². The highest BCUT2D eigenvalue weighted by molar-refractivity contribution is 5.02. The second-order valence-corrected chi connectivity index (χ2v) is 2.59. The van der Waals surface area contributed by atoms with Gasteiger partial charge in [-0.3, -0.25) is 0 Å². The van der Waals surface area contributed by atoms with Crippen LogP contribution in [0.5, 0.6) is 0 Å². The molecule has 0 aromatic rings. The molecule has 0 unspecified atom stereocenters. The molecule has 1 aliphatic carbocycles. The Morgan fingerprint density at radius 1 is 1.57 bits per heavy atom. The van der Waals surface area contributed by atoms with Crippen molar-refractivity contribution in [2.75, 3.05) is 6.54 Å². The van der Waals surface area contributed by atoms with Gasteiger partial charge in [-0.25, -0.2) is 0 Å².